The summed E-state index contributed by atoms with van der Waals surface area (Å²) in [6, 6.07) is 3.30. The number of carboxylic acids is 1. The number of nitrogens with one attached hydrogen (secondary N) is 1. The van der Waals surface area contributed by atoms with Crippen molar-refractivity contribution in [1.29, 1.82) is 0 Å². The van der Waals surface area contributed by atoms with Crippen LogP contribution in [0.2, 0.25) is 10.3 Å². The maximum Gasteiger partial charge on any atom is 0.410 e. The summed E-state index contributed by atoms with van der Waals surface area (Å²) in [6.07, 6.45) is 2.11. The van der Waals surface area contributed by atoms with Gasteiger partial charge in [-0.15, -0.1) is 0 Å². The topological polar surface area (TPSA) is 154 Å². The van der Waals surface area contributed by atoms with Crippen LogP contribution in [0.3, 0.4) is 0 Å². The molecular formula is C32H44Br2Cl2N6O7. The number of rotatable bonds is 2. The molecule has 0 spiro atoms. The average Bonchev–Trinajstić information content (AvgIpc) is 2.98. The number of amides is 3. The van der Waals surface area contributed by atoms with Crippen LogP contribution < -0.4 is 5.32 Å². The van der Waals surface area contributed by atoms with Gasteiger partial charge in [0, 0.05) is 63.7 Å². The van der Waals surface area contributed by atoms with E-state index in [9.17, 15) is 19.2 Å². The van der Waals surface area contributed by atoms with Gasteiger partial charge in [-0.25, -0.2) is 24.4 Å². The fourth-order valence-electron chi connectivity index (χ4n) is 4.42. The van der Waals surface area contributed by atoms with E-state index in [0.29, 0.717) is 45.3 Å². The first-order chi connectivity index (χ1) is 22.6. The molecule has 2 aliphatic rings. The zero-order valence-electron chi connectivity index (χ0n) is 28.9. The van der Waals surface area contributed by atoms with Crippen LogP contribution in [0.25, 0.3) is 0 Å². The quantitative estimate of drug-likeness (QED) is 0.302. The van der Waals surface area contributed by atoms with Crippen molar-refractivity contribution >= 4 is 79.1 Å². The predicted molar refractivity (Wildman–Crippen MR) is 194 cm³/mol. The third kappa shape index (κ3) is 14.6. The minimum atomic E-state index is -1.02. The smallest absolute Gasteiger partial charge is 0.410 e. The third-order valence-corrected chi connectivity index (χ3v) is 8.91. The number of carboxylic acid groups (broad SMARTS) is 1. The summed E-state index contributed by atoms with van der Waals surface area (Å²) in [5.74, 6) is -1.15. The molecule has 2 aliphatic heterocycles. The first-order valence-electron chi connectivity index (χ1n) is 15.4. The molecule has 13 nitrogen and oxygen atoms in total. The second-order valence-corrected chi connectivity index (χ2v) is 15.8. The number of ether oxygens (including phenoxy) is 2. The van der Waals surface area contributed by atoms with Gasteiger partial charge in [0.25, 0.3) is 5.91 Å². The van der Waals surface area contributed by atoms with Crippen LogP contribution in [-0.2, 0) is 9.47 Å². The molecule has 49 heavy (non-hydrogen) atoms. The van der Waals surface area contributed by atoms with Crippen LogP contribution in [0.4, 0.5) is 9.59 Å². The summed E-state index contributed by atoms with van der Waals surface area (Å²) in [4.78, 5) is 59.6. The molecule has 4 rings (SSSR count). The van der Waals surface area contributed by atoms with Crippen molar-refractivity contribution in [3.8, 4) is 0 Å². The molecular weight excluding hydrogens is 811 g/mol. The number of pyridine rings is 2. The number of hydrogen-bond donors (Lipinski definition) is 2. The lowest BCUT2D eigenvalue weighted by Gasteiger charge is -2.40. The molecule has 0 unspecified atom stereocenters. The Morgan fingerprint density at radius 2 is 1.29 bits per heavy atom. The van der Waals surface area contributed by atoms with Gasteiger partial charge in [-0.05, 0) is 99.4 Å². The van der Waals surface area contributed by atoms with Gasteiger partial charge < -0.3 is 34.6 Å². The Bertz CT molecular complexity index is 1490. The minimum absolute atomic E-state index is 0.112. The van der Waals surface area contributed by atoms with Crippen molar-refractivity contribution in [2.45, 2.75) is 78.7 Å². The molecule has 2 atom stereocenters. The summed E-state index contributed by atoms with van der Waals surface area (Å²) in [5.41, 5.74) is -0.357. The van der Waals surface area contributed by atoms with Crippen LogP contribution in [-0.4, -0.2) is 116 Å². The molecule has 2 saturated heterocycles. The van der Waals surface area contributed by atoms with Crippen molar-refractivity contribution in [3.63, 3.8) is 0 Å². The largest absolute Gasteiger partial charge is 0.478 e. The second kappa shape index (κ2) is 18.5. The molecule has 2 fully saturated rings. The maximum atomic E-state index is 12.7. The van der Waals surface area contributed by atoms with Crippen LogP contribution >= 0.6 is 55.1 Å². The Morgan fingerprint density at radius 3 is 1.71 bits per heavy atom. The van der Waals surface area contributed by atoms with E-state index in [4.69, 9.17) is 37.8 Å². The van der Waals surface area contributed by atoms with E-state index in [1.807, 2.05) is 48.5 Å². The SMILES string of the molecule is C[C@H]1CN(C(=O)OC(C)(C)C)CCN1.C[C@H]1CN(C(=O)OC(C)(C)C)CCN1C(=O)c1cnc(Cl)c(Br)c1.O=C(O)c1cnc(Cl)c(Br)c1. The van der Waals surface area contributed by atoms with E-state index in [2.05, 4.69) is 54.1 Å². The lowest BCUT2D eigenvalue weighted by molar-refractivity contribution is 0.00613. The van der Waals surface area contributed by atoms with E-state index in [-0.39, 0.29) is 34.9 Å². The Labute approximate surface area is 314 Å². The number of carbonyl (C=O) groups is 4. The number of aromatic carboxylic acids is 1. The van der Waals surface area contributed by atoms with Crippen molar-refractivity contribution in [3.05, 3.63) is 54.9 Å². The molecule has 2 aromatic heterocycles. The molecule has 2 aromatic rings. The van der Waals surface area contributed by atoms with E-state index < -0.39 is 17.2 Å². The Kier molecular flexibility index (Phi) is 16.0. The van der Waals surface area contributed by atoms with Gasteiger partial charge in [0.05, 0.1) is 20.1 Å². The van der Waals surface area contributed by atoms with Gasteiger partial charge in [0.15, 0.2) is 0 Å². The molecule has 0 bridgehead atoms. The molecule has 0 aliphatic carbocycles. The van der Waals surface area contributed by atoms with Gasteiger partial charge in [0.1, 0.15) is 21.5 Å². The number of nitrogens with zero attached hydrogens (tertiary/aromatic N) is 5. The van der Waals surface area contributed by atoms with Crippen molar-refractivity contribution in [1.82, 2.24) is 30.0 Å². The zero-order valence-corrected chi connectivity index (χ0v) is 33.5. The van der Waals surface area contributed by atoms with Crippen molar-refractivity contribution < 1.29 is 33.8 Å². The molecule has 272 valence electrons. The lowest BCUT2D eigenvalue weighted by atomic mass is 10.1. The van der Waals surface area contributed by atoms with Crippen molar-refractivity contribution in [2.24, 2.45) is 0 Å². The van der Waals surface area contributed by atoms with Gasteiger partial charge in [-0.3, -0.25) is 4.79 Å². The number of aromatic nitrogens is 2. The summed E-state index contributed by atoms with van der Waals surface area (Å²) in [6.45, 7) is 18.8. The Morgan fingerprint density at radius 1 is 0.816 bits per heavy atom. The maximum absolute atomic E-state index is 12.7. The van der Waals surface area contributed by atoms with E-state index >= 15 is 0 Å². The minimum Gasteiger partial charge on any atom is -0.478 e. The molecule has 0 saturated carbocycles. The van der Waals surface area contributed by atoms with Gasteiger partial charge in [0.2, 0.25) is 0 Å². The first-order valence-corrected chi connectivity index (χ1v) is 17.8. The Hall–Kier alpha value is -2.72. The van der Waals surface area contributed by atoms with Gasteiger partial charge in [-0.2, -0.15) is 0 Å². The average molecular weight is 855 g/mol. The van der Waals surface area contributed by atoms with E-state index in [0.717, 1.165) is 19.6 Å². The third-order valence-electron chi connectivity index (χ3n) is 6.65. The van der Waals surface area contributed by atoms with E-state index in [1.165, 1.54) is 18.5 Å². The van der Waals surface area contributed by atoms with Crippen LogP contribution in [0.1, 0.15) is 76.1 Å². The van der Waals surface area contributed by atoms with Gasteiger partial charge >= 0.3 is 18.2 Å². The summed E-state index contributed by atoms with van der Waals surface area (Å²) >= 11 is 17.7. The second-order valence-electron chi connectivity index (χ2n) is 13.4. The monoisotopic (exact) mass is 852 g/mol. The number of carbonyl (C=O) groups excluding carboxylic acids is 3. The fraction of sp³-hybridized carbons (Fsp3) is 0.562. The fourth-order valence-corrected chi connectivity index (χ4v) is 5.32. The molecule has 17 heteroatoms. The highest BCUT2D eigenvalue weighted by molar-refractivity contribution is 9.10. The molecule has 0 radical (unpaired) electrons. The van der Waals surface area contributed by atoms with Crippen LogP contribution in [0, 0.1) is 0 Å². The number of hydrogen-bond acceptors (Lipinski definition) is 9. The van der Waals surface area contributed by atoms with Crippen LogP contribution in [0.5, 0.6) is 0 Å². The first kappa shape index (κ1) is 42.4. The van der Waals surface area contributed by atoms with E-state index in [1.54, 1.807) is 20.8 Å². The predicted octanol–water partition coefficient (Wildman–Crippen LogP) is 6.99. The summed E-state index contributed by atoms with van der Waals surface area (Å²) in [7, 11) is 0. The highest BCUT2D eigenvalue weighted by Gasteiger charge is 2.33. The summed E-state index contributed by atoms with van der Waals surface area (Å²) < 4.78 is 11.7. The molecule has 2 N–H and O–H groups in total. The van der Waals surface area contributed by atoms with Crippen LogP contribution in [0.15, 0.2) is 33.5 Å². The highest BCUT2D eigenvalue weighted by Crippen LogP contribution is 2.23. The van der Waals surface area contributed by atoms with Gasteiger partial charge in [-0.1, -0.05) is 23.2 Å². The molecule has 0 aromatic carbocycles. The number of piperazine rings is 2. The number of halogens is 4. The van der Waals surface area contributed by atoms with Crippen molar-refractivity contribution in [2.75, 3.05) is 39.3 Å². The normalized spacial score (nSPS) is 17.9. The Balaban J connectivity index is 0.000000282. The standard InChI is InChI=1S/C16H21BrClN3O3.C10H20N2O2.C6H3BrClNO2/c1-10-9-20(15(23)24-16(2,3)4)5-6-21(10)14(22)11-7-12(17)13(18)19-8-11;1-8-7-12(6-5-11-8)9(13)14-10(2,3)4;7-4-1-3(6(10)11)2-9-5(4)8/h7-8,10H,5-6,9H2,1-4H3;8,11H,5-7H2,1-4H3;1-2H,(H,10,11)/t10-;8-;/m00./s1. The summed E-state index contributed by atoms with van der Waals surface area (Å²) in [5, 5.41) is 12.3. The lowest BCUT2D eigenvalue weighted by Crippen LogP contribution is -2.56. The zero-order chi connectivity index (χ0) is 37.3. The molecule has 4 heterocycles. The highest BCUT2D eigenvalue weighted by atomic mass is 79.9. The molecule has 3 amide bonds.